The number of nitrogens with zero attached hydrogens (tertiary/aromatic N) is 1. The first-order valence-electron chi connectivity index (χ1n) is 10.0. The first kappa shape index (κ1) is 20.7. The predicted molar refractivity (Wildman–Crippen MR) is 114 cm³/mol. The van der Waals surface area contributed by atoms with E-state index in [1.165, 1.54) is 0 Å². The number of anilines is 1. The van der Waals surface area contributed by atoms with Gasteiger partial charge in [0.15, 0.2) is 0 Å². The third-order valence-corrected chi connectivity index (χ3v) is 7.22. The van der Waals surface area contributed by atoms with Gasteiger partial charge < -0.3 is 14.4 Å². The lowest BCUT2D eigenvalue weighted by Crippen LogP contribution is -2.30. The number of ether oxygens (including phenoxy) is 2. The van der Waals surface area contributed by atoms with Gasteiger partial charge in [-0.05, 0) is 68.1 Å². The highest BCUT2D eigenvalue weighted by molar-refractivity contribution is 7.89. The zero-order chi connectivity index (χ0) is 21.5. The summed E-state index contributed by atoms with van der Waals surface area (Å²) in [7, 11) is -0.664. The van der Waals surface area contributed by atoms with E-state index in [1.807, 2.05) is 0 Å². The molecule has 8 heteroatoms. The van der Waals surface area contributed by atoms with E-state index in [-0.39, 0.29) is 16.7 Å². The van der Waals surface area contributed by atoms with Crippen LogP contribution in [0.3, 0.4) is 0 Å². The molecule has 0 aromatic heterocycles. The molecular formula is C22H26N2O5S. The second kappa shape index (κ2) is 7.92. The van der Waals surface area contributed by atoms with Gasteiger partial charge >= 0.3 is 0 Å². The van der Waals surface area contributed by atoms with Crippen LogP contribution in [0.5, 0.6) is 11.5 Å². The van der Waals surface area contributed by atoms with Crippen molar-refractivity contribution in [2.75, 3.05) is 25.7 Å². The Morgan fingerprint density at radius 2 is 1.90 bits per heavy atom. The van der Waals surface area contributed by atoms with E-state index < -0.39 is 16.1 Å². The molecule has 2 aromatic carbocycles. The molecule has 1 heterocycles. The molecular weight excluding hydrogens is 404 g/mol. The van der Waals surface area contributed by atoms with Crippen molar-refractivity contribution >= 4 is 21.6 Å². The Kier molecular flexibility index (Phi) is 5.46. The van der Waals surface area contributed by atoms with Gasteiger partial charge in [-0.3, -0.25) is 4.79 Å². The molecule has 0 bridgehead atoms. The number of nitrogens with one attached hydrogen (secondary N) is 1. The molecule has 2 aromatic rings. The largest absolute Gasteiger partial charge is 0.497 e. The van der Waals surface area contributed by atoms with Crippen LogP contribution in [0.15, 0.2) is 41.3 Å². The number of carbonyl (C=O) groups is 1. The Morgan fingerprint density at radius 3 is 2.57 bits per heavy atom. The minimum atomic E-state index is -3.77. The fourth-order valence-electron chi connectivity index (χ4n) is 3.87. The van der Waals surface area contributed by atoms with Crippen molar-refractivity contribution in [2.24, 2.45) is 5.92 Å². The van der Waals surface area contributed by atoms with Gasteiger partial charge in [0.1, 0.15) is 11.5 Å². The molecule has 160 valence electrons. The number of hydrogen-bond donors (Lipinski definition) is 1. The molecule has 1 saturated carbocycles. The SMILES string of the molecule is COc1ccc(OC)c([C@H](C)NS(=O)(=O)c2ccc3c(c2)CCN3C(=O)C2CC2)c1. The van der Waals surface area contributed by atoms with Crippen LogP contribution in [-0.2, 0) is 21.2 Å². The second-order valence-electron chi connectivity index (χ2n) is 7.76. The van der Waals surface area contributed by atoms with Crippen molar-refractivity contribution < 1.29 is 22.7 Å². The lowest BCUT2D eigenvalue weighted by Gasteiger charge is -2.19. The van der Waals surface area contributed by atoms with E-state index >= 15 is 0 Å². The zero-order valence-corrected chi connectivity index (χ0v) is 18.2. The summed E-state index contributed by atoms with van der Waals surface area (Å²) in [4.78, 5) is 14.4. The van der Waals surface area contributed by atoms with E-state index in [4.69, 9.17) is 9.47 Å². The Hall–Kier alpha value is -2.58. The zero-order valence-electron chi connectivity index (χ0n) is 17.3. The van der Waals surface area contributed by atoms with Crippen LogP contribution < -0.4 is 19.1 Å². The van der Waals surface area contributed by atoms with Crippen molar-refractivity contribution in [3.8, 4) is 11.5 Å². The molecule has 1 N–H and O–H groups in total. The highest BCUT2D eigenvalue weighted by Crippen LogP contribution is 2.37. The summed E-state index contributed by atoms with van der Waals surface area (Å²) in [6, 6.07) is 9.73. The molecule has 1 aliphatic heterocycles. The predicted octanol–water partition coefficient (Wildman–Crippen LogP) is 3.04. The molecule has 30 heavy (non-hydrogen) atoms. The summed E-state index contributed by atoms with van der Waals surface area (Å²) in [6.07, 6.45) is 2.57. The monoisotopic (exact) mass is 430 g/mol. The number of fused-ring (bicyclic) bond motifs is 1. The second-order valence-corrected chi connectivity index (χ2v) is 9.47. The average Bonchev–Trinajstić information content (AvgIpc) is 3.51. The third kappa shape index (κ3) is 3.89. The molecule has 1 amide bonds. The highest BCUT2D eigenvalue weighted by Gasteiger charge is 2.36. The number of amides is 1. The topological polar surface area (TPSA) is 84.9 Å². The van der Waals surface area contributed by atoms with E-state index in [0.717, 1.165) is 24.1 Å². The highest BCUT2D eigenvalue weighted by atomic mass is 32.2. The van der Waals surface area contributed by atoms with Crippen molar-refractivity contribution in [3.63, 3.8) is 0 Å². The lowest BCUT2D eigenvalue weighted by atomic mass is 10.1. The molecule has 0 saturated heterocycles. The number of hydrogen-bond acceptors (Lipinski definition) is 5. The summed E-state index contributed by atoms with van der Waals surface area (Å²) in [6.45, 7) is 2.37. The van der Waals surface area contributed by atoms with Crippen molar-refractivity contribution in [1.29, 1.82) is 0 Å². The third-order valence-electron chi connectivity index (χ3n) is 5.68. The molecule has 1 fully saturated rings. The molecule has 7 nitrogen and oxygen atoms in total. The summed E-state index contributed by atoms with van der Waals surface area (Å²) in [5, 5.41) is 0. The van der Waals surface area contributed by atoms with Crippen molar-refractivity contribution in [1.82, 2.24) is 4.72 Å². The maximum absolute atomic E-state index is 13.0. The van der Waals surface area contributed by atoms with Crippen LogP contribution in [0, 0.1) is 5.92 Å². The molecule has 0 spiro atoms. The van der Waals surface area contributed by atoms with Crippen LogP contribution >= 0.6 is 0 Å². The normalized spacial score (nSPS) is 16.8. The van der Waals surface area contributed by atoms with Crippen LogP contribution in [0.1, 0.15) is 36.9 Å². The van der Waals surface area contributed by atoms with E-state index in [0.29, 0.717) is 30.0 Å². The van der Waals surface area contributed by atoms with E-state index in [2.05, 4.69) is 4.72 Å². The molecule has 4 rings (SSSR count). The quantitative estimate of drug-likeness (QED) is 0.730. The molecule has 1 atom stereocenters. The fourth-order valence-corrected chi connectivity index (χ4v) is 5.14. The standard InChI is InChI=1S/C22H26N2O5S/c1-14(19-13-17(28-2)6-9-21(19)29-3)23-30(26,27)18-7-8-20-16(12-18)10-11-24(20)22(25)15-4-5-15/h6-9,12-15,23H,4-5,10-11H2,1-3H3/t14-/m0/s1. The van der Waals surface area contributed by atoms with E-state index in [9.17, 15) is 13.2 Å². The minimum absolute atomic E-state index is 0.139. The van der Waals surface area contributed by atoms with Crippen LogP contribution in [0.25, 0.3) is 0 Å². The number of sulfonamides is 1. The van der Waals surface area contributed by atoms with Gasteiger partial charge in [0.2, 0.25) is 15.9 Å². The lowest BCUT2D eigenvalue weighted by molar-refractivity contribution is -0.119. The molecule has 0 radical (unpaired) electrons. The van der Waals surface area contributed by atoms with Crippen LogP contribution in [0.4, 0.5) is 5.69 Å². The smallest absolute Gasteiger partial charge is 0.241 e. The fraction of sp³-hybridized carbons (Fsp3) is 0.409. The van der Waals surface area contributed by atoms with Gasteiger partial charge in [-0.2, -0.15) is 0 Å². The summed E-state index contributed by atoms with van der Waals surface area (Å²) in [5.41, 5.74) is 2.40. The van der Waals surface area contributed by atoms with Gasteiger partial charge in [-0.15, -0.1) is 0 Å². The Bertz CT molecular complexity index is 1080. The van der Waals surface area contributed by atoms with Crippen molar-refractivity contribution in [2.45, 2.75) is 37.1 Å². The average molecular weight is 431 g/mol. The summed E-state index contributed by atoms with van der Waals surface area (Å²) in [5.74, 6) is 1.49. The summed E-state index contributed by atoms with van der Waals surface area (Å²) >= 11 is 0. The number of methoxy groups -OCH3 is 2. The van der Waals surface area contributed by atoms with E-state index in [1.54, 1.807) is 62.4 Å². The molecule has 0 unspecified atom stereocenters. The van der Waals surface area contributed by atoms with Crippen LogP contribution in [-0.4, -0.2) is 35.1 Å². The van der Waals surface area contributed by atoms with Crippen LogP contribution in [0.2, 0.25) is 0 Å². The Labute approximate surface area is 177 Å². The first-order chi connectivity index (χ1) is 14.3. The van der Waals surface area contributed by atoms with Gasteiger partial charge in [0, 0.05) is 29.8 Å². The number of rotatable bonds is 7. The van der Waals surface area contributed by atoms with Gasteiger partial charge in [-0.25, -0.2) is 13.1 Å². The first-order valence-corrected chi connectivity index (χ1v) is 11.5. The van der Waals surface area contributed by atoms with Gasteiger partial charge in [0.25, 0.3) is 0 Å². The maximum Gasteiger partial charge on any atom is 0.241 e. The van der Waals surface area contributed by atoms with Crippen molar-refractivity contribution in [3.05, 3.63) is 47.5 Å². The minimum Gasteiger partial charge on any atom is -0.497 e. The Morgan fingerprint density at radius 1 is 1.13 bits per heavy atom. The van der Waals surface area contributed by atoms with Gasteiger partial charge in [-0.1, -0.05) is 0 Å². The molecule has 2 aliphatic rings. The molecule has 1 aliphatic carbocycles. The number of carbonyl (C=O) groups excluding carboxylic acids is 1. The Balaban J connectivity index is 1.57. The maximum atomic E-state index is 13.0. The summed E-state index contributed by atoms with van der Waals surface area (Å²) < 4.78 is 39.4. The van der Waals surface area contributed by atoms with Gasteiger partial charge in [0.05, 0.1) is 19.1 Å². The number of benzene rings is 2.